The fourth-order valence-electron chi connectivity index (χ4n) is 2.42. The molecule has 2 heterocycles. The average Bonchev–Trinajstić information content (AvgIpc) is 2.75. The van der Waals surface area contributed by atoms with Crippen LogP contribution in [0.5, 0.6) is 0 Å². The lowest BCUT2D eigenvalue weighted by Crippen LogP contribution is -2.37. The van der Waals surface area contributed by atoms with Crippen molar-refractivity contribution < 1.29 is 9.90 Å². The highest BCUT2D eigenvalue weighted by molar-refractivity contribution is 6.29. The van der Waals surface area contributed by atoms with Crippen LogP contribution in [-0.4, -0.2) is 39.6 Å². The average molecular weight is 269 g/mol. The summed E-state index contributed by atoms with van der Waals surface area (Å²) < 4.78 is 0. The van der Waals surface area contributed by atoms with Crippen molar-refractivity contribution in [1.29, 1.82) is 0 Å². The number of halogens is 1. The van der Waals surface area contributed by atoms with E-state index in [2.05, 4.69) is 4.98 Å². The Kier molecular flexibility index (Phi) is 4.19. The topological polar surface area (TPSA) is 53.4 Å². The quantitative estimate of drug-likeness (QED) is 0.855. The second-order valence-electron chi connectivity index (χ2n) is 4.72. The van der Waals surface area contributed by atoms with Gasteiger partial charge in [0.25, 0.3) is 5.91 Å². The SMILES string of the molecule is CC(O)CC1CCCN1C(=O)c1cccc(Cl)n1. The van der Waals surface area contributed by atoms with Crippen molar-refractivity contribution in [2.24, 2.45) is 0 Å². The molecule has 0 saturated carbocycles. The van der Waals surface area contributed by atoms with Crippen LogP contribution in [0.25, 0.3) is 0 Å². The second-order valence-corrected chi connectivity index (χ2v) is 5.11. The monoisotopic (exact) mass is 268 g/mol. The molecule has 1 aliphatic rings. The standard InChI is InChI=1S/C13H17ClN2O2/c1-9(17)8-10-4-3-7-16(10)13(18)11-5-2-6-12(14)15-11/h2,5-6,9-10,17H,3-4,7-8H2,1H3. The van der Waals surface area contributed by atoms with Crippen LogP contribution in [0.4, 0.5) is 0 Å². The first kappa shape index (κ1) is 13.3. The number of rotatable bonds is 3. The van der Waals surface area contributed by atoms with Crippen molar-refractivity contribution in [2.45, 2.75) is 38.3 Å². The van der Waals surface area contributed by atoms with Gasteiger partial charge in [0.2, 0.25) is 0 Å². The van der Waals surface area contributed by atoms with Crippen LogP contribution in [0, 0.1) is 0 Å². The van der Waals surface area contributed by atoms with E-state index < -0.39 is 6.10 Å². The molecule has 4 nitrogen and oxygen atoms in total. The van der Waals surface area contributed by atoms with Gasteiger partial charge in [0.1, 0.15) is 10.8 Å². The van der Waals surface area contributed by atoms with Crippen LogP contribution in [0.2, 0.25) is 5.15 Å². The van der Waals surface area contributed by atoms with Gasteiger partial charge in [0.15, 0.2) is 0 Å². The first-order valence-electron chi connectivity index (χ1n) is 6.19. The Hall–Kier alpha value is -1.13. The molecule has 1 aromatic heterocycles. The lowest BCUT2D eigenvalue weighted by atomic mass is 10.1. The number of aliphatic hydroxyl groups excluding tert-OH is 1. The molecule has 0 radical (unpaired) electrons. The zero-order valence-corrected chi connectivity index (χ0v) is 11.1. The maximum absolute atomic E-state index is 12.3. The maximum Gasteiger partial charge on any atom is 0.272 e. The summed E-state index contributed by atoms with van der Waals surface area (Å²) in [4.78, 5) is 18.2. The van der Waals surface area contributed by atoms with Crippen LogP contribution in [-0.2, 0) is 0 Å². The van der Waals surface area contributed by atoms with E-state index in [0.717, 1.165) is 19.4 Å². The van der Waals surface area contributed by atoms with Gasteiger partial charge in [-0.2, -0.15) is 0 Å². The normalized spacial score (nSPS) is 21.1. The molecule has 1 saturated heterocycles. The Morgan fingerprint density at radius 3 is 3.11 bits per heavy atom. The van der Waals surface area contributed by atoms with Crippen molar-refractivity contribution in [3.63, 3.8) is 0 Å². The molecule has 0 bridgehead atoms. The van der Waals surface area contributed by atoms with Crippen molar-refractivity contribution in [2.75, 3.05) is 6.54 Å². The molecule has 2 unspecified atom stereocenters. The predicted octanol–water partition coefficient (Wildman–Crippen LogP) is 2.11. The van der Waals surface area contributed by atoms with Gasteiger partial charge in [0.05, 0.1) is 6.10 Å². The lowest BCUT2D eigenvalue weighted by molar-refractivity contribution is 0.0676. The number of carbonyl (C=O) groups is 1. The van der Waals surface area contributed by atoms with E-state index in [1.165, 1.54) is 0 Å². The number of pyridine rings is 1. The number of likely N-dealkylation sites (tertiary alicyclic amines) is 1. The van der Waals surface area contributed by atoms with E-state index in [0.29, 0.717) is 17.3 Å². The summed E-state index contributed by atoms with van der Waals surface area (Å²) in [7, 11) is 0. The molecular formula is C13H17ClN2O2. The highest BCUT2D eigenvalue weighted by Gasteiger charge is 2.30. The Morgan fingerprint density at radius 2 is 2.44 bits per heavy atom. The highest BCUT2D eigenvalue weighted by atomic mass is 35.5. The first-order valence-corrected chi connectivity index (χ1v) is 6.57. The third-order valence-corrected chi connectivity index (χ3v) is 3.40. The first-order chi connectivity index (χ1) is 8.58. The minimum absolute atomic E-state index is 0.0966. The summed E-state index contributed by atoms with van der Waals surface area (Å²) in [5.74, 6) is -0.0966. The molecule has 0 aromatic carbocycles. The molecule has 1 amide bonds. The number of hydrogen-bond donors (Lipinski definition) is 1. The number of aromatic nitrogens is 1. The Balaban J connectivity index is 2.12. The summed E-state index contributed by atoms with van der Waals surface area (Å²) >= 11 is 5.79. The molecule has 1 aliphatic heterocycles. The molecule has 0 spiro atoms. The van der Waals surface area contributed by atoms with Crippen LogP contribution in [0.15, 0.2) is 18.2 Å². The second kappa shape index (κ2) is 5.67. The van der Waals surface area contributed by atoms with Gasteiger partial charge < -0.3 is 10.0 Å². The fraction of sp³-hybridized carbons (Fsp3) is 0.538. The van der Waals surface area contributed by atoms with Crippen LogP contribution in [0.1, 0.15) is 36.7 Å². The molecule has 0 aliphatic carbocycles. The van der Waals surface area contributed by atoms with Crippen molar-refractivity contribution in [1.82, 2.24) is 9.88 Å². The largest absolute Gasteiger partial charge is 0.393 e. The zero-order chi connectivity index (χ0) is 13.1. The smallest absolute Gasteiger partial charge is 0.272 e. The van der Waals surface area contributed by atoms with E-state index in [4.69, 9.17) is 11.6 Å². The minimum Gasteiger partial charge on any atom is -0.393 e. The van der Waals surface area contributed by atoms with Crippen molar-refractivity contribution in [3.05, 3.63) is 29.0 Å². The molecule has 1 aromatic rings. The van der Waals surface area contributed by atoms with Crippen LogP contribution in [0.3, 0.4) is 0 Å². The van der Waals surface area contributed by atoms with Gasteiger partial charge in [-0.3, -0.25) is 4.79 Å². The van der Waals surface area contributed by atoms with Crippen LogP contribution >= 0.6 is 11.6 Å². The summed E-state index contributed by atoms with van der Waals surface area (Å²) in [6, 6.07) is 5.16. The molecule has 5 heteroatoms. The van der Waals surface area contributed by atoms with Gasteiger partial charge in [-0.25, -0.2) is 4.98 Å². The molecular weight excluding hydrogens is 252 g/mol. The summed E-state index contributed by atoms with van der Waals surface area (Å²) in [6.07, 6.45) is 2.14. The molecule has 1 fully saturated rings. The summed E-state index contributed by atoms with van der Waals surface area (Å²) in [6.45, 7) is 2.48. The Morgan fingerprint density at radius 1 is 1.67 bits per heavy atom. The van der Waals surface area contributed by atoms with E-state index in [1.807, 2.05) is 0 Å². The third kappa shape index (κ3) is 3.00. The fourth-order valence-corrected chi connectivity index (χ4v) is 2.58. The van der Waals surface area contributed by atoms with E-state index in [1.54, 1.807) is 30.0 Å². The molecule has 1 N–H and O–H groups in total. The molecule has 98 valence electrons. The summed E-state index contributed by atoms with van der Waals surface area (Å²) in [5, 5.41) is 9.78. The van der Waals surface area contributed by atoms with Crippen LogP contribution < -0.4 is 0 Å². The van der Waals surface area contributed by atoms with E-state index in [9.17, 15) is 9.90 Å². The van der Waals surface area contributed by atoms with Gasteiger partial charge >= 0.3 is 0 Å². The number of nitrogens with zero attached hydrogens (tertiary/aromatic N) is 2. The molecule has 18 heavy (non-hydrogen) atoms. The number of aliphatic hydroxyl groups is 1. The molecule has 2 rings (SSSR count). The van der Waals surface area contributed by atoms with Gasteiger partial charge in [0, 0.05) is 12.6 Å². The van der Waals surface area contributed by atoms with Crippen molar-refractivity contribution in [3.8, 4) is 0 Å². The maximum atomic E-state index is 12.3. The predicted molar refractivity (Wildman–Crippen MR) is 69.6 cm³/mol. The Bertz CT molecular complexity index is 437. The number of carbonyl (C=O) groups excluding carboxylic acids is 1. The van der Waals surface area contributed by atoms with Gasteiger partial charge in [-0.05, 0) is 38.3 Å². The third-order valence-electron chi connectivity index (χ3n) is 3.19. The van der Waals surface area contributed by atoms with Crippen molar-refractivity contribution >= 4 is 17.5 Å². The van der Waals surface area contributed by atoms with Gasteiger partial charge in [-0.15, -0.1) is 0 Å². The van der Waals surface area contributed by atoms with Gasteiger partial charge in [-0.1, -0.05) is 17.7 Å². The number of hydrogen-bond acceptors (Lipinski definition) is 3. The minimum atomic E-state index is -0.393. The lowest BCUT2D eigenvalue weighted by Gasteiger charge is -2.25. The van der Waals surface area contributed by atoms with E-state index in [-0.39, 0.29) is 11.9 Å². The van der Waals surface area contributed by atoms with E-state index >= 15 is 0 Å². The summed E-state index contributed by atoms with van der Waals surface area (Å²) in [5.41, 5.74) is 0.375. The Labute approximate surface area is 112 Å². The highest BCUT2D eigenvalue weighted by Crippen LogP contribution is 2.23. The molecule has 2 atom stereocenters. The number of amides is 1. The zero-order valence-electron chi connectivity index (χ0n) is 10.3.